The molecule has 8 amide bonds. The lowest BCUT2D eigenvalue weighted by Crippen LogP contribution is -2.54. The van der Waals surface area contributed by atoms with Crippen molar-refractivity contribution in [3.05, 3.63) is 42.0 Å². The molecule has 2 unspecified atom stereocenters. The van der Waals surface area contributed by atoms with Crippen LogP contribution in [0.1, 0.15) is 57.9 Å². The summed E-state index contributed by atoms with van der Waals surface area (Å²) in [5, 5.41) is 21.2. The third-order valence-corrected chi connectivity index (χ3v) is 7.03. The molecule has 1 heterocycles. The topological polar surface area (TPSA) is 255 Å². The minimum absolute atomic E-state index is 0.118. The Morgan fingerprint density at radius 1 is 0.875 bits per heavy atom. The molecular weight excluding hydrogens is 630 g/mol. The summed E-state index contributed by atoms with van der Waals surface area (Å²) in [6.07, 6.45) is 3.66. The van der Waals surface area contributed by atoms with Gasteiger partial charge in [0.25, 0.3) is 11.8 Å². The molecule has 17 nitrogen and oxygen atoms in total. The summed E-state index contributed by atoms with van der Waals surface area (Å²) in [5.41, 5.74) is 6.05. The molecular formula is C31H43N7O10. The molecule has 0 saturated carbocycles. The number of urea groups is 1. The van der Waals surface area contributed by atoms with Crippen LogP contribution in [0.2, 0.25) is 0 Å². The number of carbonyl (C=O) groups excluding carboxylic acids is 7. The van der Waals surface area contributed by atoms with Crippen LogP contribution in [0.5, 0.6) is 0 Å². The summed E-state index contributed by atoms with van der Waals surface area (Å²) in [6.45, 7) is 3.17. The fraction of sp³-hybridized carbons (Fsp3) is 0.484. The van der Waals surface area contributed by atoms with Crippen molar-refractivity contribution in [1.29, 1.82) is 0 Å². The second kappa shape index (κ2) is 19.9. The molecule has 0 radical (unpaired) electrons. The SMILES string of the molecule is CC(C)C(NC(=O)CCCCCN1C(=O)C=CC1=O)C(=O)NC(CCCNC(N)=O)C(=O)Nc1ccc(COC(=O)NCC(=O)O)cc1. The van der Waals surface area contributed by atoms with Gasteiger partial charge in [-0.25, -0.2) is 9.59 Å². The number of primary amides is 1. The average molecular weight is 674 g/mol. The van der Waals surface area contributed by atoms with E-state index in [4.69, 9.17) is 15.6 Å². The molecule has 0 aromatic heterocycles. The van der Waals surface area contributed by atoms with Gasteiger partial charge in [-0.3, -0.25) is 33.7 Å². The zero-order chi connectivity index (χ0) is 35.6. The highest BCUT2D eigenvalue weighted by Crippen LogP contribution is 2.13. The van der Waals surface area contributed by atoms with Gasteiger partial charge in [-0.05, 0) is 49.3 Å². The van der Waals surface area contributed by atoms with Crippen LogP contribution in [-0.2, 0) is 40.1 Å². The molecule has 1 aliphatic heterocycles. The zero-order valence-electron chi connectivity index (χ0n) is 26.9. The number of carboxylic acid groups (broad SMARTS) is 1. The zero-order valence-corrected chi connectivity index (χ0v) is 26.9. The van der Waals surface area contributed by atoms with Crippen molar-refractivity contribution in [2.24, 2.45) is 11.7 Å². The molecule has 2 atom stereocenters. The molecule has 262 valence electrons. The Balaban J connectivity index is 1.93. The number of nitrogens with two attached hydrogens (primary N) is 1. The number of nitrogens with zero attached hydrogens (tertiary/aromatic N) is 1. The molecule has 0 aliphatic carbocycles. The Morgan fingerprint density at radius 2 is 1.54 bits per heavy atom. The number of anilines is 1. The van der Waals surface area contributed by atoms with Gasteiger partial charge >= 0.3 is 18.1 Å². The van der Waals surface area contributed by atoms with E-state index in [0.29, 0.717) is 36.9 Å². The molecule has 48 heavy (non-hydrogen) atoms. The number of rotatable bonds is 20. The fourth-order valence-corrected chi connectivity index (χ4v) is 4.47. The van der Waals surface area contributed by atoms with Crippen molar-refractivity contribution >= 4 is 53.3 Å². The van der Waals surface area contributed by atoms with E-state index in [1.165, 1.54) is 12.2 Å². The highest BCUT2D eigenvalue weighted by Gasteiger charge is 2.29. The molecule has 0 spiro atoms. The van der Waals surface area contributed by atoms with E-state index in [1.807, 2.05) is 0 Å². The highest BCUT2D eigenvalue weighted by atomic mass is 16.5. The van der Waals surface area contributed by atoms with Crippen LogP contribution in [0.3, 0.4) is 0 Å². The number of carbonyl (C=O) groups is 8. The first-order valence-corrected chi connectivity index (χ1v) is 15.5. The van der Waals surface area contributed by atoms with Crippen LogP contribution in [-0.4, -0.2) is 89.4 Å². The van der Waals surface area contributed by atoms with Crippen molar-refractivity contribution in [3.8, 4) is 0 Å². The molecule has 17 heteroatoms. The fourth-order valence-electron chi connectivity index (χ4n) is 4.47. The summed E-state index contributed by atoms with van der Waals surface area (Å²) >= 11 is 0. The van der Waals surface area contributed by atoms with E-state index in [9.17, 15) is 38.4 Å². The monoisotopic (exact) mass is 673 g/mol. The summed E-state index contributed by atoms with van der Waals surface area (Å²) < 4.78 is 4.94. The molecule has 0 bridgehead atoms. The van der Waals surface area contributed by atoms with Crippen molar-refractivity contribution < 1.29 is 48.2 Å². The van der Waals surface area contributed by atoms with Gasteiger partial charge in [0.2, 0.25) is 17.7 Å². The Morgan fingerprint density at radius 3 is 2.15 bits per heavy atom. The van der Waals surface area contributed by atoms with Gasteiger partial charge in [-0.1, -0.05) is 32.4 Å². The smallest absolute Gasteiger partial charge is 0.407 e. The Kier molecular flexibility index (Phi) is 16.1. The number of hydrogen-bond acceptors (Lipinski definition) is 9. The van der Waals surface area contributed by atoms with Gasteiger partial charge in [0, 0.05) is 37.3 Å². The predicted octanol–water partition coefficient (Wildman–Crippen LogP) is 0.495. The number of aliphatic carboxylic acids is 1. The summed E-state index contributed by atoms with van der Waals surface area (Å²) in [6, 6.07) is 3.53. The minimum Gasteiger partial charge on any atom is -0.480 e. The number of ether oxygens (including phenoxy) is 1. The number of imide groups is 1. The van der Waals surface area contributed by atoms with Crippen LogP contribution < -0.4 is 32.3 Å². The van der Waals surface area contributed by atoms with Crippen molar-refractivity contribution in [2.75, 3.05) is 25.0 Å². The molecule has 0 fully saturated rings. The van der Waals surface area contributed by atoms with Gasteiger partial charge in [-0.2, -0.15) is 0 Å². The first-order chi connectivity index (χ1) is 22.8. The van der Waals surface area contributed by atoms with Crippen LogP contribution in [0.15, 0.2) is 36.4 Å². The number of amides is 8. The van der Waals surface area contributed by atoms with E-state index in [-0.39, 0.29) is 56.2 Å². The molecule has 1 aromatic carbocycles. The van der Waals surface area contributed by atoms with E-state index < -0.39 is 48.5 Å². The summed E-state index contributed by atoms with van der Waals surface area (Å²) in [4.78, 5) is 96.8. The van der Waals surface area contributed by atoms with E-state index in [2.05, 4.69) is 26.6 Å². The lowest BCUT2D eigenvalue weighted by atomic mass is 10.0. The normalized spacial score (nSPS) is 13.4. The number of unbranched alkanes of at least 4 members (excludes halogenated alkanes) is 2. The molecule has 0 saturated heterocycles. The van der Waals surface area contributed by atoms with Crippen LogP contribution in [0.4, 0.5) is 15.3 Å². The largest absolute Gasteiger partial charge is 0.480 e. The van der Waals surface area contributed by atoms with E-state index >= 15 is 0 Å². The second-order valence-electron chi connectivity index (χ2n) is 11.3. The maximum atomic E-state index is 13.3. The van der Waals surface area contributed by atoms with Crippen LogP contribution in [0.25, 0.3) is 0 Å². The maximum Gasteiger partial charge on any atom is 0.407 e. The van der Waals surface area contributed by atoms with Crippen molar-refractivity contribution in [3.63, 3.8) is 0 Å². The number of hydrogen-bond donors (Lipinski definition) is 7. The molecule has 8 N–H and O–H groups in total. The Labute approximate surface area is 277 Å². The molecule has 1 aliphatic rings. The Bertz CT molecular complexity index is 1350. The lowest BCUT2D eigenvalue weighted by molar-refractivity contribution is -0.137. The van der Waals surface area contributed by atoms with Gasteiger partial charge in [0.1, 0.15) is 25.2 Å². The van der Waals surface area contributed by atoms with Gasteiger partial charge in [0.05, 0.1) is 0 Å². The third-order valence-electron chi connectivity index (χ3n) is 7.03. The molecule has 2 rings (SSSR count). The quantitative estimate of drug-likeness (QED) is 0.0745. The standard InChI is InChI=1S/C31H43N7O10/c1-19(2)27(37-23(39)8-4-3-5-16-38-24(40)13-14-25(38)41)29(45)36-22(7-6-15-33-30(32)46)28(44)35-21-11-9-20(10-12-21)18-48-31(47)34-17-26(42)43/h9-14,19,22,27H,3-8,15-18H2,1-2H3,(H,34,47)(H,35,44)(H,36,45)(H,37,39)(H,42,43)(H3,32,33,46). The number of benzene rings is 1. The van der Waals surface area contributed by atoms with Gasteiger partial charge in [0.15, 0.2) is 0 Å². The first kappa shape index (κ1) is 38.7. The number of carboxylic acids is 1. The number of nitrogens with one attached hydrogen (secondary N) is 5. The van der Waals surface area contributed by atoms with Crippen molar-refractivity contribution in [1.82, 2.24) is 26.2 Å². The van der Waals surface area contributed by atoms with E-state index in [0.717, 1.165) is 4.90 Å². The first-order valence-electron chi connectivity index (χ1n) is 15.5. The highest BCUT2D eigenvalue weighted by molar-refractivity contribution is 6.12. The average Bonchev–Trinajstić information content (AvgIpc) is 3.35. The second-order valence-corrected chi connectivity index (χ2v) is 11.3. The summed E-state index contributed by atoms with van der Waals surface area (Å²) in [5.74, 6) is -3.76. The summed E-state index contributed by atoms with van der Waals surface area (Å²) in [7, 11) is 0. The predicted molar refractivity (Wildman–Crippen MR) is 171 cm³/mol. The van der Waals surface area contributed by atoms with Crippen LogP contribution >= 0.6 is 0 Å². The van der Waals surface area contributed by atoms with Crippen molar-refractivity contribution in [2.45, 2.75) is 71.1 Å². The van der Waals surface area contributed by atoms with Gasteiger partial charge in [-0.15, -0.1) is 0 Å². The lowest BCUT2D eigenvalue weighted by Gasteiger charge is -2.25. The van der Waals surface area contributed by atoms with Gasteiger partial charge < -0.3 is 42.2 Å². The maximum absolute atomic E-state index is 13.3. The minimum atomic E-state index is -1.22. The molecule has 1 aromatic rings. The third kappa shape index (κ3) is 14.3. The van der Waals surface area contributed by atoms with E-state index in [1.54, 1.807) is 38.1 Å². The number of alkyl carbamates (subject to hydrolysis) is 1. The Hall–Kier alpha value is -5.48. The van der Waals surface area contributed by atoms with Crippen LogP contribution in [0, 0.1) is 5.92 Å².